The van der Waals surface area contributed by atoms with Gasteiger partial charge in [-0.25, -0.2) is 0 Å². The van der Waals surface area contributed by atoms with Crippen molar-refractivity contribution in [1.29, 1.82) is 0 Å². The molecule has 692 valence electrons. The van der Waals surface area contributed by atoms with Crippen LogP contribution in [-0.2, 0) is 66.6 Å². The van der Waals surface area contributed by atoms with Crippen molar-refractivity contribution in [2.24, 2.45) is 37.9 Å². The molecule has 4 heterocycles. The lowest BCUT2D eigenvalue weighted by molar-refractivity contribution is 0.410. The van der Waals surface area contributed by atoms with Gasteiger partial charge in [0, 0.05) is 69.5 Å². The Morgan fingerprint density at radius 2 is 0.507 bits per heavy atom. The number of benzene rings is 13. The number of rotatable bonds is 15. The van der Waals surface area contributed by atoms with Crippen LogP contribution < -0.4 is 26.2 Å². The van der Waals surface area contributed by atoms with Gasteiger partial charge in [-0.1, -0.05) is 362 Å². The molecule has 0 atom stereocenters. The molecule has 0 amide bonds. The fraction of sp³-hybridized carbons (Fsp3) is 0.395. The predicted octanol–water partition coefficient (Wildman–Crippen LogP) is 34.9. The number of nitrogens with zero attached hydrogens (tertiary/aromatic N) is 4. The second-order valence-electron chi connectivity index (χ2n) is 52.8. The minimum absolute atomic E-state index is 0.00322. The van der Waals surface area contributed by atoms with E-state index in [0.29, 0.717) is 5.56 Å². The van der Waals surface area contributed by atoms with Gasteiger partial charge in [0.05, 0.1) is 33.4 Å². The molecule has 13 aromatic carbocycles. The molecule has 0 radical (unpaired) electrons. The van der Waals surface area contributed by atoms with Gasteiger partial charge in [-0.05, 0) is 325 Å². The van der Waals surface area contributed by atoms with E-state index in [9.17, 15) is 2.74 Å². The summed E-state index contributed by atoms with van der Waals surface area (Å²) in [5, 5.41) is 4.92. The molecule has 0 unspecified atom stereocenters. The number of fused-ring (bicyclic) bond motifs is 10. The summed E-state index contributed by atoms with van der Waals surface area (Å²) >= 11 is 0. The Labute approximate surface area is 809 Å². The Balaban J connectivity index is 1.10. The van der Waals surface area contributed by atoms with Gasteiger partial charge in [0.1, 0.15) is 0 Å². The van der Waals surface area contributed by atoms with E-state index in [4.69, 9.17) is 0 Å². The van der Waals surface area contributed by atoms with Gasteiger partial charge in [-0.3, -0.25) is 0 Å². The monoisotopic (exact) mass is 1770 g/mol. The maximum Gasteiger partial charge on any atom is 0.252 e. The molecule has 134 heavy (non-hydrogen) atoms. The minimum Gasteiger partial charge on any atom is -0.311 e. The van der Waals surface area contributed by atoms with Crippen LogP contribution in [0.15, 0.2) is 243 Å². The Bertz CT molecular complexity index is 6650. The lowest BCUT2D eigenvalue weighted by atomic mass is 9.33. The summed E-state index contributed by atoms with van der Waals surface area (Å²) in [6, 6.07) is 97.1. The first-order valence-corrected chi connectivity index (χ1v) is 50.0. The van der Waals surface area contributed by atoms with Crippen molar-refractivity contribution < 1.29 is 2.74 Å². The van der Waals surface area contributed by atoms with Gasteiger partial charge in [0.25, 0.3) is 6.71 Å². The Morgan fingerprint density at radius 3 is 0.769 bits per heavy atom. The molecular weight excluding hydrogens is 1620 g/mol. The normalized spacial score (nSPS) is 14.2. The van der Waals surface area contributed by atoms with Crippen LogP contribution in [0.4, 0.5) is 34.1 Å². The molecule has 0 aliphatic carbocycles. The fourth-order valence-corrected chi connectivity index (χ4v) is 21.7. The van der Waals surface area contributed by atoms with Crippen molar-refractivity contribution in [2.45, 2.75) is 295 Å². The smallest absolute Gasteiger partial charge is 0.252 e. The number of anilines is 6. The van der Waals surface area contributed by atoms with Crippen LogP contribution in [0.5, 0.6) is 0 Å². The highest BCUT2D eigenvalue weighted by Crippen LogP contribution is 2.55. The summed E-state index contributed by atoms with van der Waals surface area (Å²) < 4.78 is 27.8. The molecule has 0 saturated carbocycles. The van der Waals surface area contributed by atoms with Crippen LogP contribution in [0.2, 0.25) is 0 Å². The van der Waals surface area contributed by atoms with Crippen LogP contribution in [0.1, 0.15) is 292 Å². The summed E-state index contributed by atoms with van der Waals surface area (Å²) in [7, 11) is 0. The van der Waals surface area contributed by atoms with E-state index in [0.717, 1.165) is 145 Å². The SMILES string of the molecule is [2H]C([2H])(c1cc2c3c(c1)N(c1cc(-c4cccc(CC(C)(C)C)c4)c(CC(C)(C)C)cc1-c1cccc(CC(C)(C)C)c1)c1cc(-n4c5ccc(C(C)(C)C)cc5c5cc(C(C)(C)C)ccc54)ccc1B3c1ccc(-n3c4ccc(C(C)(C)C)cc4c4cc(C(C)(C)C)ccc43)cc1N2c1cc(-c2cccc(CC(C)(C)C)c2)c(CC(C)(C)C)cc1-c1cccc(CC(C)(C)C)c1)C(C)(C)C. The van der Waals surface area contributed by atoms with Gasteiger partial charge in [0.2, 0.25) is 0 Å². The molecule has 5 heteroatoms. The Hall–Kier alpha value is -10.9. The number of hydrogen-bond donors (Lipinski definition) is 0. The van der Waals surface area contributed by atoms with Gasteiger partial charge in [0.15, 0.2) is 0 Å². The fourth-order valence-electron chi connectivity index (χ4n) is 21.7. The lowest BCUT2D eigenvalue weighted by Crippen LogP contribution is -2.61. The molecular formula is C129H153BN4. The summed E-state index contributed by atoms with van der Waals surface area (Å²) in [5.74, 6) is 0. The molecule has 2 aliphatic heterocycles. The number of hydrogen-bond acceptors (Lipinski definition) is 2. The quantitative estimate of drug-likeness (QED) is 0.0951. The van der Waals surface area contributed by atoms with E-state index < -0.39 is 18.5 Å². The molecule has 0 N–H and O–H groups in total. The van der Waals surface area contributed by atoms with Crippen LogP contribution in [0.25, 0.3) is 99.5 Å². The molecule has 0 bridgehead atoms. The molecule has 0 spiro atoms. The average molecular weight is 1770 g/mol. The van der Waals surface area contributed by atoms with E-state index in [1.807, 2.05) is 0 Å². The molecule has 4 nitrogen and oxygen atoms in total. The highest BCUT2D eigenvalue weighted by atomic mass is 15.2. The highest BCUT2D eigenvalue weighted by molar-refractivity contribution is 7.00. The van der Waals surface area contributed by atoms with Crippen molar-refractivity contribution in [3.05, 3.63) is 304 Å². The van der Waals surface area contributed by atoms with Crippen LogP contribution >= 0.6 is 0 Å². The molecule has 2 aromatic heterocycles. The van der Waals surface area contributed by atoms with E-state index in [1.54, 1.807) is 0 Å². The van der Waals surface area contributed by atoms with Crippen molar-refractivity contribution in [3.63, 3.8) is 0 Å². The van der Waals surface area contributed by atoms with E-state index in [-0.39, 0.29) is 54.1 Å². The zero-order chi connectivity index (χ0) is 98.4. The average Bonchev–Trinajstić information content (AvgIpc) is 0.948. The van der Waals surface area contributed by atoms with Crippen LogP contribution in [0, 0.1) is 37.9 Å². The predicted molar refractivity (Wildman–Crippen MR) is 588 cm³/mol. The third-order valence-electron chi connectivity index (χ3n) is 27.3. The van der Waals surface area contributed by atoms with Crippen LogP contribution in [-0.4, -0.2) is 15.8 Å². The first-order valence-electron chi connectivity index (χ1n) is 51.0. The van der Waals surface area contributed by atoms with Crippen molar-refractivity contribution in [1.82, 2.24) is 9.13 Å². The summed E-state index contributed by atoms with van der Waals surface area (Å²) in [6.07, 6.45) is 3.31. The molecule has 17 rings (SSSR count). The van der Waals surface area contributed by atoms with Gasteiger partial charge < -0.3 is 18.9 Å². The Kier molecular flexibility index (Phi) is 23.1. The standard InChI is InChI=1S/C129H153BN4/c1-119(2,3)74-81-38-34-42-86(58-81)98-72-112(100(64-90(98)79-124(16,17)18)88-44-36-40-83(60-88)76-121(7,8)9)133-114-70-96(131-108-54-46-92(126(22,23)24)66-102(108)103-67-93(127(25,26)27)47-55-109(103)131)50-52-106(114)130-107-53-51-97(132-110-56-48-94(128(28,29)30)68-104(110)105-69-95(129(31,32)33)49-57-111(105)132)71-115(107)134(117-63-85(78-123(13,14)15)62-116(133)118(117)130)113-73-99(87-43-35-39-82(59-87)75-120(4,5)6)91(80-125(19,20)21)65-101(113)89-45-37-41-84(61-89)77-122(10,11)12/h34-73H,74-80H2,1-33H3/i78D2. The van der Waals surface area contributed by atoms with Gasteiger partial charge >= 0.3 is 0 Å². The van der Waals surface area contributed by atoms with Crippen molar-refractivity contribution in [3.8, 4) is 55.9 Å². The Morgan fingerprint density at radius 1 is 0.231 bits per heavy atom. The summed E-state index contributed by atoms with van der Waals surface area (Å²) in [5.41, 5.74) is 37.5. The first kappa shape index (κ1) is 92.2. The topological polar surface area (TPSA) is 16.3 Å². The van der Waals surface area contributed by atoms with Gasteiger partial charge in [-0.2, -0.15) is 0 Å². The van der Waals surface area contributed by atoms with Crippen molar-refractivity contribution in [2.75, 3.05) is 9.80 Å². The lowest BCUT2D eigenvalue weighted by Gasteiger charge is -2.46. The minimum atomic E-state index is -1.93. The second kappa shape index (κ2) is 33.5. The van der Waals surface area contributed by atoms with E-state index in [1.165, 1.54) is 99.4 Å². The zero-order valence-electron chi connectivity index (χ0n) is 89.7. The third-order valence-corrected chi connectivity index (χ3v) is 27.3. The third kappa shape index (κ3) is 19.7. The van der Waals surface area contributed by atoms with Crippen LogP contribution in [0.3, 0.4) is 0 Å². The second-order valence-corrected chi connectivity index (χ2v) is 52.8. The molecule has 0 fully saturated rings. The zero-order valence-corrected chi connectivity index (χ0v) is 87.7. The maximum absolute atomic E-state index is 11.3. The molecule has 2 aliphatic rings. The summed E-state index contributed by atoms with van der Waals surface area (Å²) in [4.78, 5) is 5.36. The molecule has 0 saturated heterocycles. The van der Waals surface area contributed by atoms with E-state index in [2.05, 4.69) is 490 Å². The maximum atomic E-state index is 11.3. The highest BCUT2D eigenvalue weighted by Gasteiger charge is 2.46. The first-order chi connectivity index (χ1) is 63.0. The van der Waals surface area contributed by atoms with E-state index >= 15 is 0 Å². The molecule has 15 aromatic rings. The van der Waals surface area contributed by atoms with Crippen molar-refractivity contribution >= 4 is 101 Å². The summed E-state index contributed by atoms with van der Waals surface area (Å²) in [6.45, 7) is 76.7. The number of aromatic nitrogens is 2. The largest absolute Gasteiger partial charge is 0.311 e. The van der Waals surface area contributed by atoms with Gasteiger partial charge in [-0.15, -0.1) is 0 Å².